The number of imidazole rings is 1. The second-order valence-electron chi connectivity index (χ2n) is 4.79. The monoisotopic (exact) mass is 315 g/mol. The SMILES string of the molecule is Cn1c(SCC(=O)Nc2ccc(F)cc2)nc2ccccc21. The summed E-state index contributed by atoms with van der Waals surface area (Å²) < 4.78 is 14.8. The summed E-state index contributed by atoms with van der Waals surface area (Å²) in [6, 6.07) is 13.5. The van der Waals surface area contributed by atoms with E-state index in [1.54, 1.807) is 0 Å². The Bertz CT molecular complexity index is 814. The number of anilines is 1. The van der Waals surface area contributed by atoms with E-state index in [0.717, 1.165) is 16.2 Å². The van der Waals surface area contributed by atoms with Crippen LogP contribution in [0.25, 0.3) is 11.0 Å². The summed E-state index contributed by atoms with van der Waals surface area (Å²) in [6.07, 6.45) is 0. The molecule has 0 atom stereocenters. The van der Waals surface area contributed by atoms with E-state index in [1.807, 2.05) is 35.9 Å². The molecule has 0 unspecified atom stereocenters. The van der Waals surface area contributed by atoms with Gasteiger partial charge < -0.3 is 9.88 Å². The van der Waals surface area contributed by atoms with Crippen LogP contribution in [-0.2, 0) is 11.8 Å². The standard InChI is InChI=1S/C16H14FN3OS/c1-20-14-5-3-2-4-13(14)19-16(20)22-10-15(21)18-12-8-6-11(17)7-9-12/h2-9H,10H2,1H3,(H,18,21). The Morgan fingerprint density at radius 2 is 1.95 bits per heavy atom. The molecule has 22 heavy (non-hydrogen) atoms. The summed E-state index contributed by atoms with van der Waals surface area (Å²) in [7, 11) is 1.93. The largest absolute Gasteiger partial charge is 0.325 e. The van der Waals surface area contributed by atoms with Crippen LogP contribution < -0.4 is 5.32 Å². The lowest BCUT2D eigenvalue weighted by Gasteiger charge is -2.05. The van der Waals surface area contributed by atoms with Gasteiger partial charge in [-0.1, -0.05) is 23.9 Å². The highest BCUT2D eigenvalue weighted by atomic mass is 32.2. The Balaban J connectivity index is 1.64. The Labute approximate surface area is 131 Å². The minimum atomic E-state index is -0.327. The van der Waals surface area contributed by atoms with Crippen molar-refractivity contribution in [3.63, 3.8) is 0 Å². The molecule has 1 aromatic heterocycles. The fourth-order valence-corrected chi connectivity index (χ4v) is 2.90. The van der Waals surface area contributed by atoms with E-state index in [4.69, 9.17) is 0 Å². The van der Waals surface area contributed by atoms with E-state index >= 15 is 0 Å². The molecule has 0 bridgehead atoms. The summed E-state index contributed by atoms with van der Waals surface area (Å²) in [6.45, 7) is 0. The molecule has 6 heteroatoms. The fraction of sp³-hybridized carbons (Fsp3) is 0.125. The lowest BCUT2D eigenvalue weighted by Crippen LogP contribution is -2.14. The minimum absolute atomic E-state index is 0.149. The summed E-state index contributed by atoms with van der Waals surface area (Å²) in [5.41, 5.74) is 2.52. The zero-order chi connectivity index (χ0) is 15.5. The van der Waals surface area contributed by atoms with Crippen molar-refractivity contribution >= 4 is 34.4 Å². The average molecular weight is 315 g/mol. The van der Waals surface area contributed by atoms with E-state index in [9.17, 15) is 9.18 Å². The second kappa shape index (κ2) is 6.19. The third kappa shape index (κ3) is 3.12. The van der Waals surface area contributed by atoms with Crippen LogP contribution >= 0.6 is 11.8 Å². The number of amides is 1. The van der Waals surface area contributed by atoms with Crippen LogP contribution in [0.15, 0.2) is 53.7 Å². The third-order valence-corrected chi connectivity index (χ3v) is 4.24. The second-order valence-corrected chi connectivity index (χ2v) is 5.73. The van der Waals surface area contributed by atoms with Crippen molar-refractivity contribution < 1.29 is 9.18 Å². The number of benzene rings is 2. The van der Waals surface area contributed by atoms with Gasteiger partial charge in [0.2, 0.25) is 5.91 Å². The van der Waals surface area contributed by atoms with E-state index in [0.29, 0.717) is 5.69 Å². The minimum Gasteiger partial charge on any atom is -0.325 e. The highest BCUT2D eigenvalue weighted by Gasteiger charge is 2.10. The van der Waals surface area contributed by atoms with E-state index in [2.05, 4.69) is 10.3 Å². The van der Waals surface area contributed by atoms with E-state index < -0.39 is 0 Å². The first kappa shape index (κ1) is 14.6. The number of thioether (sulfide) groups is 1. The maximum Gasteiger partial charge on any atom is 0.234 e. The first-order valence-corrected chi connectivity index (χ1v) is 7.72. The van der Waals surface area contributed by atoms with Crippen LogP contribution in [0.5, 0.6) is 0 Å². The highest BCUT2D eigenvalue weighted by Crippen LogP contribution is 2.22. The fourth-order valence-electron chi connectivity index (χ4n) is 2.11. The molecule has 0 aliphatic heterocycles. The number of rotatable bonds is 4. The van der Waals surface area contributed by atoms with Crippen LogP contribution in [0.1, 0.15) is 0 Å². The third-order valence-electron chi connectivity index (χ3n) is 3.21. The zero-order valence-electron chi connectivity index (χ0n) is 11.9. The number of aryl methyl sites for hydroxylation is 1. The maximum absolute atomic E-state index is 12.8. The lowest BCUT2D eigenvalue weighted by molar-refractivity contribution is -0.113. The molecule has 0 aliphatic rings. The number of hydrogen-bond acceptors (Lipinski definition) is 3. The van der Waals surface area contributed by atoms with Gasteiger partial charge in [-0.05, 0) is 36.4 Å². The smallest absolute Gasteiger partial charge is 0.234 e. The zero-order valence-corrected chi connectivity index (χ0v) is 12.7. The van der Waals surface area contributed by atoms with Crippen molar-refractivity contribution in [3.05, 3.63) is 54.3 Å². The molecule has 1 N–H and O–H groups in total. The molecule has 1 heterocycles. The van der Waals surface area contributed by atoms with Crippen LogP contribution in [-0.4, -0.2) is 21.2 Å². The van der Waals surface area contributed by atoms with Gasteiger partial charge in [0, 0.05) is 12.7 Å². The predicted octanol–water partition coefficient (Wildman–Crippen LogP) is 3.44. The number of nitrogens with one attached hydrogen (secondary N) is 1. The number of aromatic nitrogens is 2. The van der Waals surface area contributed by atoms with Crippen molar-refractivity contribution in [2.24, 2.45) is 7.05 Å². The summed E-state index contributed by atoms with van der Waals surface area (Å²) in [5.74, 6) is -0.232. The first-order valence-electron chi connectivity index (χ1n) is 6.73. The van der Waals surface area contributed by atoms with Gasteiger partial charge >= 0.3 is 0 Å². The number of carbonyl (C=O) groups is 1. The molecule has 0 fully saturated rings. The summed E-state index contributed by atoms with van der Waals surface area (Å²) >= 11 is 1.37. The molecular weight excluding hydrogens is 301 g/mol. The maximum atomic E-state index is 12.8. The van der Waals surface area contributed by atoms with Gasteiger partial charge in [0.1, 0.15) is 5.82 Å². The molecule has 2 aromatic carbocycles. The predicted molar refractivity (Wildman–Crippen MR) is 86.5 cm³/mol. The molecule has 112 valence electrons. The molecule has 0 aliphatic carbocycles. The molecule has 0 radical (unpaired) electrons. The van der Waals surface area contributed by atoms with Crippen molar-refractivity contribution in [2.45, 2.75) is 5.16 Å². The number of carbonyl (C=O) groups excluding carboxylic acids is 1. The van der Waals surface area contributed by atoms with Crippen LogP contribution in [0.4, 0.5) is 10.1 Å². The van der Waals surface area contributed by atoms with Gasteiger partial charge in [-0.2, -0.15) is 0 Å². The quantitative estimate of drug-likeness (QED) is 0.750. The first-order chi connectivity index (χ1) is 10.6. The number of halogens is 1. The van der Waals surface area contributed by atoms with Gasteiger partial charge in [-0.15, -0.1) is 0 Å². The lowest BCUT2D eigenvalue weighted by atomic mass is 10.3. The van der Waals surface area contributed by atoms with Crippen LogP contribution in [0.2, 0.25) is 0 Å². The molecule has 0 saturated carbocycles. The average Bonchev–Trinajstić information content (AvgIpc) is 2.84. The molecule has 1 amide bonds. The van der Waals surface area contributed by atoms with E-state index in [-0.39, 0.29) is 17.5 Å². The molecule has 3 rings (SSSR count). The van der Waals surface area contributed by atoms with Crippen LogP contribution in [0, 0.1) is 5.82 Å². The van der Waals surface area contributed by atoms with E-state index in [1.165, 1.54) is 36.0 Å². The number of fused-ring (bicyclic) bond motifs is 1. The molecular formula is C16H14FN3OS. The molecule has 3 aromatic rings. The van der Waals surface area contributed by atoms with Crippen molar-refractivity contribution in [2.75, 3.05) is 11.1 Å². The molecule has 0 spiro atoms. The van der Waals surface area contributed by atoms with Crippen molar-refractivity contribution in [1.29, 1.82) is 0 Å². The topological polar surface area (TPSA) is 46.9 Å². The normalized spacial score (nSPS) is 10.8. The Hall–Kier alpha value is -2.34. The Kier molecular flexibility index (Phi) is 4.11. The van der Waals surface area contributed by atoms with Gasteiger partial charge in [-0.25, -0.2) is 9.37 Å². The van der Waals surface area contributed by atoms with Gasteiger partial charge in [0.05, 0.1) is 16.8 Å². The highest BCUT2D eigenvalue weighted by molar-refractivity contribution is 7.99. The Morgan fingerprint density at radius 1 is 1.23 bits per heavy atom. The van der Waals surface area contributed by atoms with Crippen LogP contribution in [0.3, 0.4) is 0 Å². The van der Waals surface area contributed by atoms with Crippen molar-refractivity contribution in [3.8, 4) is 0 Å². The van der Waals surface area contributed by atoms with Gasteiger partial charge in [0.15, 0.2) is 5.16 Å². The summed E-state index contributed by atoms with van der Waals surface area (Å²) in [5, 5.41) is 3.52. The number of hydrogen-bond donors (Lipinski definition) is 1. The molecule has 4 nitrogen and oxygen atoms in total. The number of nitrogens with zero attached hydrogens (tertiary/aromatic N) is 2. The summed E-state index contributed by atoms with van der Waals surface area (Å²) in [4.78, 5) is 16.4. The Morgan fingerprint density at radius 3 is 2.68 bits per heavy atom. The van der Waals surface area contributed by atoms with Gasteiger partial charge in [0.25, 0.3) is 0 Å². The number of para-hydroxylation sites is 2. The van der Waals surface area contributed by atoms with Crippen molar-refractivity contribution in [1.82, 2.24) is 9.55 Å². The van der Waals surface area contributed by atoms with Gasteiger partial charge in [-0.3, -0.25) is 4.79 Å². The molecule has 0 saturated heterocycles.